The van der Waals surface area contributed by atoms with Crippen LogP contribution in [0.4, 0.5) is 5.69 Å². The minimum Gasteiger partial charge on any atom is -0.391 e. The van der Waals surface area contributed by atoms with Crippen LogP contribution in [0.5, 0.6) is 0 Å². The molecule has 0 spiro atoms. The van der Waals surface area contributed by atoms with E-state index in [1.807, 2.05) is 19.0 Å². The molecule has 1 aliphatic heterocycles. The highest BCUT2D eigenvalue weighted by molar-refractivity contribution is 5.94. The van der Waals surface area contributed by atoms with E-state index in [1.165, 1.54) is 16.8 Å². The highest BCUT2D eigenvalue weighted by Gasteiger charge is 2.36. The molecular weight excluding hydrogens is 276 g/mol. The van der Waals surface area contributed by atoms with E-state index in [0.29, 0.717) is 13.0 Å². The molecule has 2 heterocycles. The first-order chi connectivity index (χ1) is 9.79. The van der Waals surface area contributed by atoms with Gasteiger partial charge in [0, 0.05) is 32.2 Å². The molecule has 1 N–H and O–H groups in total. The van der Waals surface area contributed by atoms with E-state index in [2.05, 4.69) is 0 Å². The number of nitro groups is 1. The number of aryl methyl sites for hydroxylation is 1. The van der Waals surface area contributed by atoms with Crippen molar-refractivity contribution in [3.05, 3.63) is 28.1 Å². The van der Waals surface area contributed by atoms with Gasteiger partial charge in [-0.1, -0.05) is 0 Å². The Bertz CT molecular complexity index is 554. The first-order valence-corrected chi connectivity index (χ1v) is 6.74. The summed E-state index contributed by atoms with van der Waals surface area (Å²) in [5, 5.41) is 20.6. The first-order valence-electron chi connectivity index (χ1n) is 6.74. The second kappa shape index (κ2) is 5.82. The predicted molar refractivity (Wildman–Crippen MR) is 76.1 cm³/mol. The van der Waals surface area contributed by atoms with Gasteiger partial charge in [0.25, 0.3) is 11.6 Å². The fourth-order valence-electron chi connectivity index (χ4n) is 2.74. The number of hydrogen-bond donors (Lipinski definition) is 1. The van der Waals surface area contributed by atoms with E-state index in [9.17, 15) is 20.0 Å². The van der Waals surface area contributed by atoms with Crippen molar-refractivity contribution in [3.8, 4) is 0 Å². The normalized spacial score (nSPS) is 22.0. The van der Waals surface area contributed by atoms with Crippen LogP contribution in [-0.2, 0) is 7.05 Å². The lowest BCUT2D eigenvalue weighted by Crippen LogP contribution is -2.42. The largest absolute Gasteiger partial charge is 0.391 e. The molecule has 1 saturated heterocycles. The zero-order valence-corrected chi connectivity index (χ0v) is 12.4. The summed E-state index contributed by atoms with van der Waals surface area (Å²) in [5.41, 5.74) is 0.157. The van der Waals surface area contributed by atoms with E-state index in [0.717, 1.165) is 0 Å². The van der Waals surface area contributed by atoms with E-state index in [1.54, 1.807) is 11.9 Å². The van der Waals surface area contributed by atoms with Crippen LogP contribution in [0.25, 0.3) is 0 Å². The smallest absolute Gasteiger partial charge is 0.287 e. The fourth-order valence-corrected chi connectivity index (χ4v) is 2.74. The van der Waals surface area contributed by atoms with Crippen molar-refractivity contribution in [3.63, 3.8) is 0 Å². The highest BCUT2D eigenvalue weighted by Crippen LogP contribution is 2.23. The van der Waals surface area contributed by atoms with E-state index in [4.69, 9.17) is 0 Å². The van der Waals surface area contributed by atoms with E-state index >= 15 is 0 Å². The van der Waals surface area contributed by atoms with Crippen molar-refractivity contribution in [2.24, 2.45) is 7.05 Å². The van der Waals surface area contributed by atoms with Crippen LogP contribution in [0.1, 0.15) is 16.9 Å². The van der Waals surface area contributed by atoms with Gasteiger partial charge < -0.3 is 19.5 Å². The first kappa shape index (κ1) is 15.5. The molecule has 1 aliphatic rings. The van der Waals surface area contributed by atoms with Gasteiger partial charge in [-0.25, -0.2) is 0 Å². The van der Waals surface area contributed by atoms with E-state index < -0.39 is 11.0 Å². The summed E-state index contributed by atoms with van der Waals surface area (Å²) in [4.78, 5) is 26.4. The summed E-state index contributed by atoms with van der Waals surface area (Å²) < 4.78 is 1.46. The average Bonchev–Trinajstić information content (AvgIpc) is 2.91. The van der Waals surface area contributed by atoms with E-state index in [-0.39, 0.29) is 29.9 Å². The Morgan fingerprint density at radius 1 is 1.57 bits per heavy atom. The van der Waals surface area contributed by atoms with Gasteiger partial charge in [0.2, 0.25) is 0 Å². The molecule has 0 saturated carbocycles. The van der Waals surface area contributed by atoms with Crippen LogP contribution in [0.3, 0.4) is 0 Å². The Morgan fingerprint density at radius 3 is 2.76 bits per heavy atom. The Kier molecular flexibility index (Phi) is 4.29. The standard InChI is InChI=1S/C13H20N4O4/c1-14(2)6-9-4-11(18)8-16(9)13(19)12-5-10(17(20)21)7-15(12)3/h5,7,9,11,18H,4,6,8H2,1-3H3. The molecule has 1 aromatic heterocycles. The van der Waals surface area contributed by atoms with Gasteiger partial charge in [-0.05, 0) is 20.5 Å². The number of carbonyl (C=O) groups is 1. The summed E-state index contributed by atoms with van der Waals surface area (Å²) in [6, 6.07) is 1.19. The summed E-state index contributed by atoms with van der Waals surface area (Å²) in [6.07, 6.45) is 1.30. The number of aromatic nitrogens is 1. The quantitative estimate of drug-likeness (QED) is 0.627. The van der Waals surface area contributed by atoms with Crippen molar-refractivity contribution in [1.29, 1.82) is 0 Å². The summed E-state index contributed by atoms with van der Waals surface area (Å²) in [7, 11) is 5.41. The SMILES string of the molecule is CN(C)CC1CC(O)CN1C(=O)c1cc([N+](=O)[O-])cn1C. The molecule has 8 heteroatoms. The Balaban J connectivity index is 2.23. The molecule has 21 heavy (non-hydrogen) atoms. The topological polar surface area (TPSA) is 91.8 Å². The molecule has 2 atom stereocenters. The number of carbonyl (C=O) groups excluding carboxylic acids is 1. The Labute approximate surface area is 122 Å². The minimum atomic E-state index is -0.547. The predicted octanol–water partition coefficient (Wildman–Crippen LogP) is 0.0703. The summed E-state index contributed by atoms with van der Waals surface area (Å²) >= 11 is 0. The maximum Gasteiger partial charge on any atom is 0.287 e. The number of rotatable bonds is 4. The van der Waals surface area contributed by atoms with Gasteiger partial charge in [-0.3, -0.25) is 14.9 Å². The van der Waals surface area contributed by atoms with Crippen molar-refractivity contribution in [2.75, 3.05) is 27.2 Å². The van der Waals surface area contributed by atoms with Crippen LogP contribution >= 0.6 is 0 Å². The van der Waals surface area contributed by atoms with Gasteiger partial charge >= 0.3 is 0 Å². The lowest BCUT2D eigenvalue weighted by atomic mass is 10.2. The molecule has 8 nitrogen and oxygen atoms in total. The highest BCUT2D eigenvalue weighted by atomic mass is 16.6. The van der Waals surface area contributed by atoms with Gasteiger partial charge in [0.1, 0.15) is 5.69 Å². The molecule has 2 unspecified atom stereocenters. The van der Waals surface area contributed by atoms with Crippen molar-refractivity contribution >= 4 is 11.6 Å². The van der Waals surface area contributed by atoms with Crippen LogP contribution < -0.4 is 0 Å². The number of likely N-dealkylation sites (N-methyl/N-ethyl adjacent to an activating group) is 1. The number of β-amino-alcohol motifs (C(OH)–C–C–N with tert-alkyl or cyclic N) is 1. The molecule has 0 bridgehead atoms. The monoisotopic (exact) mass is 296 g/mol. The molecule has 0 radical (unpaired) electrons. The average molecular weight is 296 g/mol. The van der Waals surface area contributed by atoms with Crippen LogP contribution in [0.15, 0.2) is 12.3 Å². The fraction of sp³-hybridized carbons (Fsp3) is 0.615. The molecular formula is C13H20N4O4. The second-order valence-electron chi connectivity index (χ2n) is 5.71. The Hall–Kier alpha value is -1.93. The van der Waals surface area contributed by atoms with Crippen LogP contribution in [0, 0.1) is 10.1 Å². The van der Waals surface area contributed by atoms with Crippen LogP contribution in [-0.4, -0.2) is 69.6 Å². The number of hydrogen-bond acceptors (Lipinski definition) is 5. The van der Waals surface area contributed by atoms with Gasteiger partial charge in [-0.15, -0.1) is 0 Å². The molecule has 1 fully saturated rings. The molecule has 0 aliphatic carbocycles. The molecule has 1 aromatic rings. The van der Waals surface area contributed by atoms with Crippen molar-refractivity contribution in [1.82, 2.24) is 14.4 Å². The van der Waals surface area contributed by atoms with Crippen molar-refractivity contribution < 1.29 is 14.8 Å². The third kappa shape index (κ3) is 3.22. The summed E-state index contributed by atoms with van der Waals surface area (Å²) in [6.45, 7) is 0.908. The zero-order chi connectivity index (χ0) is 15.7. The number of amides is 1. The maximum absolute atomic E-state index is 12.6. The lowest BCUT2D eigenvalue weighted by molar-refractivity contribution is -0.384. The minimum absolute atomic E-state index is 0.0866. The number of nitrogens with zero attached hydrogens (tertiary/aromatic N) is 4. The molecule has 116 valence electrons. The van der Waals surface area contributed by atoms with Crippen LogP contribution in [0.2, 0.25) is 0 Å². The maximum atomic E-state index is 12.6. The molecule has 0 aromatic carbocycles. The Morgan fingerprint density at radius 2 is 2.24 bits per heavy atom. The lowest BCUT2D eigenvalue weighted by Gasteiger charge is -2.26. The van der Waals surface area contributed by atoms with Gasteiger partial charge in [0.15, 0.2) is 0 Å². The summed E-state index contributed by atoms with van der Waals surface area (Å²) in [5.74, 6) is -0.283. The molecule has 2 rings (SSSR count). The second-order valence-corrected chi connectivity index (χ2v) is 5.71. The van der Waals surface area contributed by atoms with Gasteiger partial charge in [0.05, 0.1) is 17.2 Å². The number of aliphatic hydroxyl groups excluding tert-OH is 1. The van der Waals surface area contributed by atoms with Crippen molar-refractivity contribution in [2.45, 2.75) is 18.6 Å². The molecule has 1 amide bonds. The zero-order valence-electron chi connectivity index (χ0n) is 12.4. The van der Waals surface area contributed by atoms with Gasteiger partial charge in [-0.2, -0.15) is 0 Å². The third-order valence-electron chi connectivity index (χ3n) is 3.65. The number of likely N-dealkylation sites (tertiary alicyclic amines) is 1. The third-order valence-corrected chi connectivity index (χ3v) is 3.65. The number of aliphatic hydroxyl groups is 1.